The SMILES string of the molecule is CC(C)(CCC#N)CNCC(O)[C@H](Cc1ccccc1)NC(=O)OC1COC2OCCC12.CC(C)CN(CC(C)(C)CCC#N)S(=O)(=O)c1cccc([N+](=O)[O-])c1.Cc1cccc([N+](=O)[O-])c1. The van der Waals surface area contributed by atoms with Crippen LogP contribution in [0.25, 0.3) is 0 Å². The first-order valence-electron chi connectivity index (χ1n) is 22.4. The minimum absolute atomic E-state index is 0.0564. The van der Waals surface area contributed by atoms with Gasteiger partial charge in [0, 0.05) is 63.3 Å². The highest BCUT2D eigenvalue weighted by Gasteiger charge is 2.44. The van der Waals surface area contributed by atoms with Gasteiger partial charge >= 0.3 is 6.09 Å². The first kappa shape index (κ1) is 55.8. The predicted molar refractivity (Wildman–Crippen MR) is 252 cm³/mol. The Morgan fingerprint density at radius 2 is 1.54 bits per heavy atom. The smallest absolute Gasteiger partial charge is 0.407 e. The monoisotopic (exact) mass is 949 g/mol. The first-order chi connectivity index (χ1) is 31.6. The number of rotatable bonds is 21. The molecule has 5 atom stereocenters. The summed E-state index contributed by atoms with van der Waals surface area (Å²) in [6.07, 6.45) is 1.50. The highest BCUT2D eigenvalue weighted by molar-refractivity contribution is 7.89. The van der Waals surface area contributed by atoms with E-state index < -0.39 is 38.1 Å². The summed E-state index contributed by atoms with van der Waals surface area (Å²) in [6, 6.07) is 25.1. The summed E-state index contributed by atoms with van der Waals surface area (Å²) in [5.74, 6) is 0.163. The number of hydrogen-bond acceptors (Lipinski definition) is 14. The van der Waals surface area contributed by atoms with E-state index in [0.29, 0.717) is 58.5 Å². The Labute approximate surface area is 395 Å². The molecule has 5 rings (SSSR count). The number of hydrogen-bond donors (Lipinski definition) is 3. The Morgan fingerprint density at radius 1 is 0.925 bits per heavy atom. The maximum Gasteiger partial charge on any atom is 0.407 e. The number of non-ortho nitro benzene ring substituents is 2. The van der Waals surface area contributed by atoms with Crippen LogP contribution in [0.5, 0.6) is 0 Å². The van der Waals surface area contributed by atoms with Gasteiger partial charge in [0.05, 0.1) is 58.2 Å². The van der Waals surface area contributed by atoms with Gasteiger partial charge in [0.25, 0.3) is 11.4 Å². The largest absolute Gasteiger partial charge is 0.443 e. The molecule has 0 radical (unpaired) electrons. The number of aliphatic hydroxyl groups is 1. The van der Waals surface area contributed by atoms with E-state index in [9.17, 15) is 38.5 Å². The molecular weight excluding hydrogens is 883 g/mol. The van der Waals surface area contributed by atoms with Crippen LogP contribution in [-0.2, 0) is 30.7 Å². The van der Waals surface area contributed by atoms with Crippen LogP contribution >= 0.6 is 0 Å². The third-order valence-corrected chi connectivity index (χ3v) is 13.0. The molecule has 0 saturated carbocycles. The average Bonchev–Trinajstić information content (AvgIpc) is 3.90. The Balaban J connectivity index is 0.000000301. The molecule has 67 heavy (non-hydrogen) atoms. The highest BCUT2D eigenvalue weighted by atomic mass is 32.2. The van der Waals surface area contributed by atoms with Crippen molar-refractivity contribution in [2.75, 3.05) is 39.4 Å². The van der Waals surface area contributed by atoms with Crippen molar-refractivity contribution in [1.29, 1.82) is 10.5 Å². The summed E-state index contributed by atoms with van der Waals surface area (Å²) in [7, 11) is -3.86. The van der Waals surface area contributed by atoms with E-state index >= 15 is 0 Å². The van der Waals surface area contributed by atoms with Gasteiger partial charge in [-0.1, -0.05) is 90.1 Å². The van der Waals surface area contributed by atoms with Crippen LogP contribution in [0.4, 0.5) is 16.2 Å². The molecule has 3 aromatic rings. The number of aryl methyl sites for hydroxylation is 1. The van der Waals surface area contributed by atoms with Crippen LogP contribution in [0.15, 0.2) is 83.8 Å². The molecule has 2 saturated heterocycles. The van der Waals surface area contributed by atoms with Crippen LogP contribution in [0.3, 0.4) is 0 Å². The number of nitriles is 2. The van der Waals surface area contributed by atoms with Gasteiger partial charge < -0.3 is 30.0 Å². The molecule has 2 aliphatic heterocycles. The number of aliphatic hydroxyl groups excluding tert-OH is 1. The van der Waals surface area contributed by atoms with E-state index in [2.05, 4.69) is 36.6 Å². The number of nitrogens with one attached hydrogen (secondary N) is 2. The van der Waals surface area contributed by atoms with E-state index in [-0.39, 0.29) is 57.9 Å². The van der Waals surface area contributed by atoms with Crippen LogP contribution in [0, 0.1) is 72.5 Å². The maximum absolute atomic E-state index is 13.0. The fourth-order valence-corrected chi connectivity index (χ4v) is 9.29. The lowest BCUT2D eigenvalue weighted by Crippen LogP contribution is -2.50. The molecule has 3 aromatic carbocycles. The Kier molecular flexibility index (Phi) is 22.2. The van der Waals surface area contributed by atoms with E-state index in [1.54, 1.807) is 12.1 Å². The number of alkyl carbamates (subject to hydrolysis) is 1. The van der Waals surface area contributed by atoms with Crippen LogP contribution in [-0.4, -0.2) is 97.7 Å². The van der Waals surface area contributed by atoms with Crippen molar-refractivity contribution < 1.29 is 42.4 Å². The van der Waals surface area contributed by atoms with Crippen molar-refractivity contribution in [2.24, 2.45) is 22.7 Å². The summed E-state index contributed by atoms with van der Waals surface area (Å²) < 4.78 is 44.1. The zero-order valence-corrected chi connectivity index (χ0v) is 40.4. The van der Waals surface area contributed by atoms with Crippen LogP contribution in [0.2, 0.25) is 0 Å². The molecule has 0 aromatic heterocycles. The minimum atomic E-state index is -3.86. The summed E-state index contributed by atoms with van der Waals surface area (Å²) in [5, 5.41) is 55.7. The summed E-state index contributed by atoms with van der Waals surface area (Å²) in [6.45, 7) is 16.1. The lowest BCUT2D eigenvalue weighted by Gasteiger charge is -2.32. The van der Waals surface area contributed by atoms with E-state index in [0.717, 1.165) is 30.0 Å². The van der Waals surface area contributed by atoms with Gasteiger partial charge in [-0.2, -0.15) is 14.8 Å². The van der Waals surface area contributed by atoms with Gasteiger partial charge in [0.15, 0.2) is 6.29 Å². The van der Waals surface area contributed by atoms with Gasteiger partial charge in [-0.3, -0.25) is 20.2 Å². The molecule has 2 aliphatic rings. The molecule has 2 heterocycles. The second-order valence-electron chi connectivity index (χ2n) is 18.8. The number of benzene rings is 3. The molecule has 2 fully saturated rings. The molecule has 366 valence electrons. The van der Waals surface area contributed by atoms with Crippen LogP contribution in [0.1, 0.15) is 84.8 Å². The van der Waals surface area contributed by atoms with Gasteiger partial charge in [-0.05, 0) is 66.5 Å². The van der Waals surface area contributed by atoms with E-state index in [1.165, 1.54) is 28.6 Å². The molecule has 0 spiro atoms. The van der Waals surface area contributed by atoms with Crippen molar-refractivity contribution in [3.05, 3.63) is 110 Å². The quantitative estimate of drug-likeness (QED) is 0.0679. The number of nitrogens with zero attached hydrogens (tertiary/aromatic N) is 5. The zero-order chi connectivity index (χ0) is 49.8. The number of ether oxygens (including phenoxy) is 3. The van der Waals surface area contributed by atoms with Crippen molar-refractivity contribution in [3.8, 4) is 12.1 Å². The number of sulfonamides is 1. The Morgan fingerprint density at radius 3 is 2.12 bits per heavy atom. The topological polar surface area (TPSA) is 260 Å². The predicted octanol–water partition coefficient (Wildman–Crippen LogP) is 7.84. The minimum Gasteiger partial charge on any atom is -0.443 e. The number of carbonyl (C=O) groups is 1. The number of carbonyl (C=O) groups excluding carboxylic acids is 1. The summed E-state index contributed by atoms with van der Waals surface area (Å²) >= 11 is 0. The number of amides is 1. The normalized spacial score (nSPS) is 17.6. The van der Waals surface area contributed by atoms with Gasteiger partial charge in [-0.15, -0.1) is 0 Å². The van der Waals surface area contributed by atoms with Crippen molar-refractivity contribution in [2.45, 2.75) is 116 Å². The maximum atomic E-state index is 13.0. The lowest BCUT2D eigenvalue weighted by molar-refractivity contribution is -0.385. The lowest BCUT2D eigenvalue weighted by atomic mass is 9.88. The molecule has 4 unspecified atom stereocenters. The van der Waals surface area contributed by atoms with Crippen molar-refractivity contribution >= 4 is 27.5 Å². The fourth-order valence-electron chi connectivity index (χ4n) is 7.46. The standard InChI is InChI=1S/C24H35N3O5.C17H25N3O4S.C7H7NO2/c1-24(2,10-6-11-25)16-26-14-20(28)19(13-17-7-4-3-5-8-17)27-23(29)32-21-15-31-22-18(21)9-12-30-22;1-14(2)12-19(13-17(3,4)9-6-10-18)25(23,24)16-8-5-7-15(11-16)20(21)22;1-6-3-2-4-7(5-6)8(9)10/h3-5,7-8,18-22,26,28H,6,9-10,12-16H2,1-2H3,(H,27,29);5,7-8,11,14H,6,9,12-13H2,1-4H3;2-5H,1H3/t18?,19-,20?,21?,22?;;/m0../s1. The van der Waals surface area contributed by atoms with Crippen molar-refractivity contribution in [1.82, 2.24) is 14.9 Å². The number of fused-ring (bicyclic) bond motifs is 1. The summed E-state index contributed by atoms with van der Waals surface area (Å²) in [5.41, 5.74) is 1.39. The van der Waals surface area contributed by atoms with Gasteiger partial charge in [-0.25, -0.2) is 13.2 Å². The second-order valence-corrected chi connectivity index (χ2v) is 20.7. The molecule has 19 heteroatoms. The summed E-state index contributed by atoms with van der Waals surface area (Å²) in [4.78, 5) is 32.7. The highest BCUT2D eigenvalue weighted by Crippen LogP contribution is 2.33. The fraction of sp³-hybridized carbons (Fsp3) is 0.562. The molecule has 3 N–H and O–H groups in total. The van der Waals surface area contributed by atoms with E-state index in [1.807, 2.05) is 71.0 Å². The van der Waals surface area contributed by atoms with Gasteiger partial charge in [0.1, 0.15) is 6.10 Å². The second kappa shape index (κ2) is 26.7. The molecule has 1 amide bonds. The molecular formula is C48H67N7O11S. The number of nitro benzene ring substituents is 2. The van der Waals surface area contributed by atoms with E-state index in [4.69, 9.17) is 24.7 Å². The zero-order valence-electron chi connectivity index (χ0n) is 39.6. The van der Waals surface area contributed by atoms with Crippen LogP contribution < -0.4 is 10.6 Å². The molecule has 0 aliphatic carbocycles. The molecule has 18 nitrogen and oxygen atoms in total. The molecule has 0 bridgehead atoms. The first-order valence-corrected chi connectivity index (χ1v) is 23.8. The Bertz CT molecular complexity index is 2250. The number of nitro groups is 2. The third-order valence-electron chi connectivity index (χ3n) is 11.1. The van der Waals surface area contributed by atoms with Crippen molar-refractivity contribution in [3.63, 3.8) is 0 Å². The Hall–Kier alpha value is -5.54. The van der Waals surface area contributed by atoms with Gasteiger partial charge in [0.2, 0.25) is 10.0 Å². The average molecular weight is 950 g/mol. The third kappa shape index (κ3) is 19.3.